The van der Waals surface area contributed by atoms with E-state index >= 15 is 0 Å². The van der Waals surface area contributed by atoms with Crippen LogP contribution >= 0.6 is 0 Å². The minimum atomic E-state index is -1.98. The molecule has 138 valence electrons. The van der Waals surface area contributed by atoms with Crippen molar-refractivity contribution in [2.45, 2.75) is 69.9 Å². The molecule has 2 aliphatic rings. The van der Waals surface area contributed by atoms with E-state index in [2.05, 4.69) is 4.98 Å². The standard InChI is InChI=1S/C20H30N2O3/c1-12(2)7-18(21)20(25,19(23)24)11-16-9-14(5-6-22-16)17-10-15(17)8-13-3-4-13/h5-6,9,12-13,15,17-18,25H,3-4,7-8,10-11,21H2,1-2H3,(H,23,24)/t15?,17?,18-,20+/m0/s1. The highest BCUT2D eigenvalue weighted by molar-refractivity contribution is 5.78. The molecule has 4 N–H and O–H groups in total. The van der Waals surface area contributed by atoms with Gasteiger partial charge < -0.3 is 15.9 Å². The fourth-order valence-electron chi connectivity index (χ4n) is 3.87. The Balaban J connectivity index is 1.70. The molecule has 3 rings (SSSR count). The zero-order valence-electron chi connectivity index (χ0n) is 15.2. The highest BCUT2D eigenvalue weighted by Gasteiger charge is 2.44. The van der Waals surface area contributed by atoms with E-state index in [-0.39, 0.29) is 12.3 Å². The fourth-order valence-corrected chi connectivity index (χ4v) is 3.87. The van der Waals surface area contributed by atoms with Crippen molar-refractivity contribution in [3.05, 3.63) is 29.6 Å². The van der Waals surface area contributed by atoms with E-state index in [0.29, 0.717) is 18.0 Å². The van der Waals surface area contributed by atoms with E-state index in [9.17, 15) is 15.0 Å². The fraction of sp³-hybridized carbons (Fsp3) is 0.700. The summed E-state index contributed by atoms with van der Waals surface area (Å²) in [5.74, 6) is 1.22. The van der Waals surface area contributed by atoms with E-state index in [1.54, 1.807) is 6.20 Å². The average Bonchev–Trinajstić information content (AvgIpc) is 3.44. The predicted octanol–water partition coefficient (Wildman–Crippen LogP) is 2.72. The van der Waals surface area contributed by atoms with Crippen LogP contribution in [-0.4, -0.2) is 32.8 Å². The number of carboxylic acid groups (broad SMARTS) is 1. The Hall–Kier alpha value is -1.46. The lowest BCUT2D eigenvalue weighted by Crippen LogP contribution is -2.56. The molecule has 1 heterocycles. The van der Waals surface area contributed by atoms with Gasteiger partial charge in [-0.3, -0.25) is 4.98 Å². The van der Waals surface area contributed by atoms with Crippen LogP contribution in [0.3, 0.4) is 0 Å². The van der Waals surface area contributed by atoms with E-state index in [1.807, 2.05) is 26.0 Å². The van der Waals surface area contributed by atoms with Crippen molar-refractivity contribution in [3.63, 3.8) is 0 Å². The van der Waals surface area contributed by atoms with Gasteiger partial charge in [-0.15, -0.1) is 0 Å². The number of carboxylic acids is 1. The van der Waals surface area contributed by atoms with Crippen molar-refractivity contribution < 1.29 is 15.0 Å². The van der Waals surface area contributed by atoms with Crippen molar-refractivity contribution >= 4 is 5.97 Å². The maximum absolute atomic E-state index is 11.7. The second-order valence-electron chi connectivity index (χ2n) is 8.50. The topological polar surface area (TPSA) is 96.4 Å². The lowest BCUT2D eigenvalue weighted by atomic mass is 9.84. The van der Waals surface area contributed by atoms with Crippen LogP contribution in [0, 0.1) is 17.8 Å². The number of rotatable bonds is 9. The van der Waals surface area contributed by atoms with Gasteiger partial charge in [0.1, 0.15) is 0 Å². The van der Waals surface area contributed by atoms with Crippen LogP contribution in [0.4, 0.5) is 0 Å². The van der Waals surface area contributed by atoms with E-state index in [1.165, 1.54) is 31.2 Å². The molecule has 0 radical (unpaired) electrons. The zero-order valence-corrected chi connectivity index (χ0v) is 15.2. The molecule has 4 atom stereocenters. The van der Waals surface area contributed by atoms with Crippen LogP contribution in [0.15, 0.2) is 18.3 Å². The first-order valence-electron chi connectivity index (χ1n) is 9.45. The molecule has 25 heavy (non-hydrogen) atoms. The number of nitrogens with zero attached hydrogens (tertiary/aromatic N) is 1. The summed E-state index contributed by atoms with van der Waals surface area (Å²) < 4.78 is 0. The van der Waals surface area contributed by atoms with Gasteiger partial charge in [0.2, 0.25) is 0 Å². The lowest BCUT2D eigenvalue weighted by molar-refractivity contribution is -0.161. The predicted molar refractivity (Wildman–Crippen MR) is 96.1 cm³/mol. The van der Waals surface area contributed by atoms with Gasteiger partial charge in [-0.1, -0.05) is 26.7 Å². The smallest absolute Gasteiger partial charge is 0.337 e. The second kappa shape index (κ2) is 7.04. The summed E-state index contributed by atoms with van der Waals surface area (Å²) in [6.45, 7) is 3.93. The first-order chi connectivity index (χ1) is 11.8. The van der Waals surface area contributed by atoms with Crippen LogP contribution in [0.2, 0.25) is 0 Å². The maximum atomic E-state index is 11.7. The molecule has 2 unspecified atom stereocenters. The molecular weight excluding hydrogens is 316 g/mol. The van der Waals surface area contributed by atoms with Crippen LogP contribution in [0.25, 0.3) is 0 Å². The van der Waals surface area contributed by atoms with E-state index in [4.69, 9.17) is 5.73 Å². The van der Waals surface area contributed by atoms with Crippen molar-refractivity contribution in [3.8, 4) is 0 Å². The maximum Gasteiger partial charge on any atom is 0.337 e. The first-order valence-corrected chi connectivity index (χ1v) is 9.45. The average molecular weight is 346 g/mol. The monoisotopic (exact) mass is 346 g/mol. The molecule has 0 aliphatic heterocycles. The van der Waals surface area contributed by atoms with Gasteiger partial charge in [-0.2, -0.15) is 0 Å². The molecule has 0 spiro atoms. The third kappa shape index (κ3) is 4.39. The zero-order chi connectivity index (χ0) is 18.2. The summed E-state index contributed by atoms with van der Waals surface area (Å²) in [7, 11) is 0. The Morgan fingerprint density at radius 3 is 2.76 bits per heavy atom. The first kappa shape index (κ1) is 18.3. The molecule has 2 fully saturated rings. The molecule has 0 saturated heterocycles. The molecule has 2 saturated carbocycles. The molecular formula is C20H30N2O3. The molecule has 1 aromatic rings. The van der Waals surface area contributed by atoms with Crippen LogP contribution in [0.1, 0.15) is 63.1 Å². The number of hydrogen-bond acceptors (Lipinski definition) is 4. The second-order valence-corrected chi connectivity index (χ2v) is 8.50. The summed E-state index contributed by atoms with van der Waals surface area (Å²) in [5.41, 5.74) is 5.89. The molecule has 0 bridgehead atoms. The van der Waals surface area contributed by atoms with Gasteiger partial charge >= 0.3 is 5.97 Å². The number of hydrogen-bond donors (Lipinski definition) is 3. The summed E-state index contributed by atoms with van der Waals surface area (Å²) in [5, 5.41) is 20.3. The SMILES string of the molecule is CC(C)C[C@H](N)[C@](O)(Cc1cc(C2CC2CC2CC2)ccn1)C(=O)O. The normalized spacial score (nSPS) is 26.3. The van der Waals surface area contributed by atoms with E-state index < -0.39 is 17.6 Å². The minimum absolute atomic E-state index is 0.0515. The Morgan fingerprint density at radius 2 is 2.16 bits per heavy atom. The van der Waals surface area contributed by atoms with Gasteiger partial charge in [0.25, 0.3) is 0 Å². The summed E-state index contributed by atoms with van der Waals surface area (Å²) in [6, 6.07) is 3.17. The van der Waals surface area contributed by atoms with Crippen molar-refractivity contribution in [1.29, 1.82) is 0 Å². The van der Waals surface area contributed by atoms with Crippen molar-refractivity contribution in [2.75, 3.05) is 0 Å². The number of aliphatic carboxylic acids is 1. The summed E-state index contributed by atoms with van der Waals surface area (Å²) in [4.78, 5) is 16.0. The largest absolute Gasteiger partial charge is 0.479 e. The number of carbonyl (C=O) groups is 1. The van der Waals surface area contributed by atoms with Crippen LogP contribution in [0.5, 0.6) is 0 Å². The molecule has 2 aliphatic carbocycles. The Morgan fingerprint density at radius 1 is 1.44 bits per heavy atom. The van der Waals surface area contributed by atoms with E-state index in [0.717, 1.165) is 11.8 Å². The Bertz CT molecular complexity index is 629. The van der Waals surface area contributed by atoms with Gasteiger partial charge in [0.15, 0.2) is 5.60 Å². The molecule has 0 aromatic carbocycles. The third-order valence-electron chi connectivity index (χ3n) is 5.68. The summed E-state index contributed by atoms with van der Waals surface area (Å²) >= 11 is 0. The molecule has 0 amide bonds. The Kier molecular flexibility index (Phi) is 5.16. The minimum Gasteiger partial charge on any atom is -0.479 e. The Labute approximate surface area is 149 Å². The third-order valence-corrected chi connectivity index (χ3v) is 5.68. The van der Waals surface area contributed by atoms with Crippen molar-refractivity contribution in [2.24, 2.45) is 23.5 Å². The number of nitrogens with two attached hydrogens (primary N) is 1. The molecule has 5 nitrogen and oxygen atoms in total. The number of aromatic nitrogens is 1. The van der Waals surface area contributed by atoms with Crippen LogP contribution < -0.4 is 5.73 Å². The highest BCUT2D eigenvalue weighted by Crippen LogP contribution is 2.54. The van der Waals surface area contributed by atoms with Crippen molar-refractivity contribution in [1.82, 2.24) is 4.98 Å². The van der Waals surface area contributed by atoms with Gasteiger partial charge in [-0.25, -0.2) is 4.79 Å². The lowest BCUT2D eigenvalue weighted by Gasteiger charge is -2.30. The molecule has 1 aromatic heterocycles. The summed E-state index contributed by atoms with van der Waals surface area (Å²) in [6.07, 6.45) is 7.43. The number of aliphatic hydroxyl groups is 1. The highest BCUT2D eigenvalue weighted by atomic mass is 16.4. The van der Waals surface area contributed by atoms with Gasteiger partial charge in [-0.05, 0) is 60.6 Å². The quantitative estimate of drug-likeness (QED) is 0.639. The van der Waals surface area contributed by atoms with Gasteiger partial charge in [0, 0.05) is 24.4 Å². The van der Waals surface area contributed by atoms with Crippen LogP contribution in [-0.2, 0) is 11.2 Å². The van der Waals surface area contributed by atoms with Gasteiger partial charge in [0.05, 0.1) is 0 Å². The molecule has 5 heteroatoms. The number of pyridine rings is 1.